The van der Waals surface area contributed by atoms with E-state index >= 15 is 0 Å². The van der Waals surface area contributed by atoms with Gasteiger partial charge in [-0.15, -0.1) is 0 Å². The van der Waals surface area contributed by atoms with E-state index in [1.165, 1.54) is 0 Å². The molecule has 1 aliphatic rings. The van der Waals surface area contributed by atoms with Crippen molar-refractivity contribution in [2.75, 3.05) is 50.4 Å². The van der Waals surface area contributed by atoms with E-state index in [0.717, 1.165) is 50.7 Å². The molecule has 0 atom stereocenters. The molecule has 4 heterocycles. The highest BCUT2D eigenvalue weighted by Gasteiger charge is 2.13. The maximum atomic E-state index is 6.05. The molecule has 3 aromatic heterocycles. The van der Waals surface area contributed by atoms with Gasteiger partial charge in [0.1, 0.15) is 6.33 Å². The molecular weight excluding hydrogens is 326 g/mol. The van der Waals surface area contributed by atoms with Crippen LogP contribution in [0.25, 0.3) is 16.9 Å². The Bertz CT molecular complexity index is 811. The second-order valence-electron chi connectivity index (χ2n) is 5.58. The third kappa shape index (κ3) is 3.05. The summed E-state index contributed by atoms with van der Waals surface area (Å²) in [5.74, 6) is 0.924. The normalized spacial score (nSPS) is 15.8. The molecule has 9 heteroatoms. The fraction of sp³-hybridized carbons (Fsp3) is 0.400. The maximum Gasteiger partial charge on any atom is 0.226 e. The van der Waals surface area contributed by atoms with E-state index in [4.69, 9.17) is 10.5 Å². The summed E-state index contributed by atoms with van der Waals surface area (Å²) in [6, 6.07) is 2.02. The number of hydrogen-bond donors (Lipinski definition) is 2. The topological polar surface area (TPSA) is 94.1 Å². The van der Waals surface area contributed by atoms with E-state index < -0.39 is 0 Å². The van der Waals surface area contributed by atoms with E-state index in [1.807, 2.05) is 21.4 Å². The average Bonchev–Trinajstić information content (AvgIpc) is 3.25. The highest BCUT2D eigenvalue weighted by molar-refractivity contribution is 7.08. The number of imidazole rings is 1. The minimum Gasteiger partial charge on any atom is -0.382 e. The van der Waals surface area contributed by atoms with E-state index in [0.29, 0.717) is 17.3 Å². The number of thiophene rings is 1. The Morgan fingerprint density at radius 1 is 1.29 bits per heavy atom. The molecule has 0 bridgehead atoms. The number of anilines is 2. The van der Waals surface area contributed by atoms with E-state index in [2.05, 4.69) is 25.2 Å². The van der Waals surface area contributed by atoms with Gasteiger partial charge in [-0.1, -0.05) is 0 Å². The molecule has 0 saturated carbocycles. The van der Waals surface area contributed by atoms with E-state index in [-0.39, 0.29) is 0 Å². The lowest BCUT2D eigenvalue weighted by Gasteiger charge is -2.26. The molecule has 0 spiro atoms. The zero-order valence-corrected chi connectivity index (χ0v) is 14.0. The quantitative estimate of drug-likeness (QED) is 0.717. The largest absolute Gasteiger partial charge is 0.382 e. The van der Waals surface area contributed by atoms with Crippen LogP contribution >= 0.6 is 11.3 Å². The number of ether oxygens (including phenoxy) is 1. The van der Waals surface area contributed by atoms with Crippen molar-refractivity contribution in [1.29, 1.82) is 0 Å². The van der Waals surface area contributed by atoms with E-state index in [1.54, 1.807) is 17.7 Å². The molecule has 0 aliphatic carbocycles. The molecular formula is C15H19N7OS. The van der Waals surface area contributed by atoms with Crippen LogP contribution in [-0.4, -0.2) is 63.8 Å². The highest BCUT2D eigenvalue weighted by Crippen LogP contribution is 2.22. The molecule has 24 heavy (non-hydrogen) atoms. The molecule has 3 N–H and O–H groups in total. The van der Waals surface area contributed by atoms with Crippen molar-refractivity contribution < 1.29 is 4.74 Å². The van der Waals surface area contributed by atoms with Crippen LogP contribution in [0.4, 0.5) is 11.8 Å². The summed E-state index contributed by atoms with van der Waals surface area (Å²) < 4.78 is 7.28. The highest BCUT2D eigenvalue weighted by atomic mass is 32.1. The number of rotatable bonds is 5. The number of aromatic nitrogens is 4. The second-order valence-corrected chi connectivity index (χ2v) is 6.36. The Morgan fingerprint density at radius 2 is 2.17 bits per heavy atom. The number of nitrogen functional groups attached to an aromatic ring is 1. The molecule has 126 valence electrons. The SMILES string of the molecule is Nc1nc(NCCN2CCOCC2)nc2c1ncn2-c1ccsc1. The zero-order chi connectivity index (χ0) is 16.4. The van der Waals surface area contributed by atoms with Gasteiger partial charge in [-0.25, -0.2) is 4.98 Å². The number of nitrogens with zero attached hydrogens (tertiary/aromatic N) is 5. The van der Waals surface area contributed by atoms with Crippen LogP contribution in [-0.2, 0) is 4.74 Å². The Labute approximate surface area is 143 Å². The monoisotopic (exact) mass is 345 g/mol. The molecule has 4 rings (SSSR count). The molecule has 8 nitrogen and oxygen atoms in total. The van der Waals surface area contributed by atoms with Crippen molar-refractivity contribution in [2.45, 2.75) is 0 Å². The summed E-state index contributed by atoms with van der Waals surface area (Å²) in [6.07, 6.45) is 1.73. The molecule has 0 unspecified atom stereocenters. The summed E-state index contributed by atoms with van der Waals surface area (Å²) >= 11 is 1.63. The Kier molecular flexibility index (Phi) is 4.28. The van der Waals surface area contributed by atoms with Crippen LogP contribution in [0.1, 0.15) is 0 Å². The third-order valence-electron chi connectivity index (χ3n) is 4.02. The molecule has 1 saturated heterocycles. The molecule has 1 aliphatic heterocycles. The standard InChI is InChI=1S/C15H19N7OS/c16-13-12-14(22(10-18-12)11-1-8-24-9-11)20-15(19-13)17-2-3-21-4-6-23-7-5-21/h1,8-10H,2-7H2,(H3,16,17,19,20). The van der Waals surface area contributed by atoms with Crippen LogP contribution in [0.15, 0.2) is 23.2 Å². The lowest BCUT2D eigenvalue weighted by atomic mass is 10.4. The van der Waals surface area contributed by atoms with Gasteiger partial charge in [-0.05, 0) is 11.4 Å². The molecule has 0 amide bonds. The Balaban J connectivity index is 1.52. The van der Waals surface area contributed by atoms with Crippen LogP contribution in [0.5, 0.6) is 0 Å². The van der Waals surface area contributed by atoms with Crippen molar-refractivity contribution in [3.8, 4) is 5.69 Å². The summed E-state index contributed by atoms with van der Waals surface area (Å²) in [5, 5.41) is 7.33. The fourth-order valence-corrected chi connectivity index (χ4v) is 3.36. The van der Waals surface area contributed by atoms with Crippen molar-refractivity contribution >= 4 is 34.3 Å². The minimum absolute atomic E-state index is 0.392. The van der Waals surface area contributed by atoms with E-state index in [9.17, 15) is 0 Å². The molecule has 1 fully saturated rings. The third-order valence-corrected chi connectivity index (χ3v) is 4.69. The van der Waals surface area contributed by atoms with Crippen LogP contribution in [0.3, 0.4) is 0 Å². The smallest absolute Gasteiger partial charge is 0.226 e. The average molecular weight is 345 g/mol. The first-order valence-electron chi connectivity index (χ1n) is 7.88. The van der Waals surface area contributed by atoms with Gasteiger partial charge in [0.2, 0.25) is 5.95 Å². The zero-order valence-electron chi connectivity index (χ0n) is 13.2. The number of morpholine rings is 1. The van der Waals surface area contributed by atoms with Crippen LogP contribution in [0.2, 0.25) is 0 Å². The first-order chi connectivity index (χ1) is 11.8. The van der Waals surface area contributed by atoms with Gasteiger partial charge in [0, 0.05) is 31.6 Å². The summed E-state index contributed by atoms with van der Waals surface area (Å²) in [6.45, 7) is 5.22. The first kappa shape index (κ1) is 15.3. The van der Waals surface area contributed by atoms with Gasteiger partial charge in [0.15, 0.2) is 17.0 Å². The number of fused-ring (bicyclic) bond motifs is 1. The lowest BCUT2D eigenvalue weighted by Crippen LogP contribution is -2.39. The predicted molar refractivity (Wildman–Crippen MR) is 94.7 cm³/mol. The van der Waals surface area contributed by atoms with Gasteiger partial charge >= 0.3 is 0 Å². The predicted octanol–water partition coefficient (Wildman–Crippen LogP) is 1.20. The summed E-state index contributed by atoms with van der Waals surface area (Å²) in [5.41, 5.74) is 8.42. The number of nitrogens with two attached hydrogens (primary N) is 1. The number of nitrogens with one attached hydrogen (secondary N) is 1. The maximum absolute atomic E-state index is 6.05. The molecule has 0 aromatic carbocycles. The lowest BCUT2D eigenvalue weighted by molar-refractivity contribution is 0.0398. The summed E-state index contributed by atoms with van der Waals surface area (Å²) in [4.78, 5) is 15.6. The Morgan fingerprint density at radius 3 is 2.96 bits per heavy atom. The van der Waals surface area contributed by atoms with Gasteiger partial charge in [-0.3, -0.25) is 9.47 Å². The van der Waals surface area contributed by atoms with Crippen molar-refractivity contribution in [3.05, 3.63) is 23.2 Å². The fourth-order valence-electron chi connectivity index (χ4n) is 2.73. The number of hydrogen-bond acceptors (Lipinski definition) is 8. The van der Waals surface area contributed by atoms with Crippen LogP contribution < -0.4 is 11.1 Å². The Hall–Kier alpha value is -2.23. The van der Waals surface area contributed by atoms with Gasteiger partial charge < -0.3 is 15.8 Å². The van der Waals surface area contributed by atoms with Crippen molar-refractivity contribution in [2.24, 2.45) is 0 Å². The van der Waals surface area contributed by atoms with Gasteiger partial charge in [0.25, 0.3) is 0 Å². The second kappa shape index (κ2) is 6.71. The molecule has 3 aromatic rings. The van der Waals surface area contributed by atoms with Gasteiger partial charge in [-0.2, -0.15) is 21.3 Å². The van der Waals surface area contributed by atoms with Crippen molar-refractivity contribution in [1.82, 2.24) is 24.4 Å². The first-order valence-corrected chi connectivity index (χ1v) is 8.82. The van der Waals surface area contributed by atoms with Crippen molar-refractivity contribution in [3.63, 3.8) is 0 Å². The molecule has 0 radical (unpaired) electrons. The van der Waals surface area contributed by atoms with Crippen LogP contribution in [0, 0.1) is 0 Å². The summed E-state index contributed by atoms with van der Waals surface area (Å²) in [7, 11) is 0. The van der Waals surface area contributed by atoms with Gasteiger partial charge in [0.05, 0.1) is 18.9 Å². The minimum atomic E-state index is 0.392.